The Morgan fingerprint density at radius 2 is 2.00 bits per heavy atom. The predicted molar refractivity (Wildman–Crippen MR) is 95.5 cm³/mol. The molecule has 7 heteroatoms. The average molecular weight is 359 g/mol. The van der Waals surface area contributed by atoms with Crippen molar-refractivity contribution in [2.75, 3.05) is 39.5 Å². The second-order valence-electron chi connectivity index (χ2n) is 6.09. The molecule has 6 nitrogen and oxygen atoms in total. The lowest BCUT2D eigenvalue weighted by atomic mass is 10.0. The van der Waals surface area contributed by atoms with Gasteiger partial charge >= 0.3 is 0 Å². The number of rotatable bonds is 7. The van der Waals surface area contributed by atoms with E-state index in [1.165, 1.54) is 18.3 Å². The Morgan fingerprint density at radius 1 is 1.27 bits per heavy atom. The van der Waals surface area contributed by atoms with E-state index in [0.717, 1.165) is 44.8 Å². The van der Waals surface area contributed by atoms with Crippen LogP contribution in [0, 0.1) is 5.82 Å². The molecule has 1 aromatic heterocycles. The Hall–Kier alpha value is -2.51. The summed E-state index contributed by atoms with van der Waals surface area (Å²) in [7, 11) is 0. The zero-order chi connectivity index (χ0) is 18.4. The highest BCUT2D eigenvalue weighted by Gasteiger charge is 2.13. The van der Waals surface area contributed by atoms with Gasteiger partial charge in [0.2, 0.25) is 0 Å². The van der Waals surface area contributed by atoms with Crippen LogP contribution >= 0.6 is 0 Å². The lowest BCUT2D eigenvalue weighted by molar-refractivity contribution is 0.0358. The molecule has 0 bridgehead atoms. The number of carbonyl (C=O) groups excluding carboxylic acids is 1. The molecule has 1 aliphatic rings. The third-order valence-corrected chi connectivity index (χ3v) is 4.26. The van der Waals surface area contributed by atoms with Crippen LogP contribution < -0.4 is 10.5 Å². The first-order chi connectivity index (χ1) is 12.6. The van der Waals surface area contributed by atoms with E-state index in [1.54, 1.807) is 18.2 Å². The van der Waals surface area contributed by atoms with Crippen LogP contribution in [0.1, 0.15) is 16.9 Å². The maximum absolute atomic E-state index is 13.2. The highest BCUT2D eigenvalue weighted by Crippen LogP contribution is 2.30. The minimum Gasteiger partial charge on any atom is -0.491 e. The minimum atomic E-state index is -0.618. The van der Waals surface area contributed by atoms with Crippen molar-refractivity contribution < 1.29 is 18.7 Å². The summed E-state index contributed by atoms with van der Waals surface area (Å²) < 4.78 is 24.4. The lowest BCUT2D eigenvalue weighted by Gasteiger charge is -2.26. The summed E-state index contributed by atoms with van der Waals surface area (Å²) in [6, 6.07) is 7.57. The smallest absolute Gasteiger partial charge is 0.267 e. The Kier molecular flexibility index (Phi) is 6.14. The van der Waals surface area contributed by atoms with Crippen molar-refractivity contribution in [2.45, 2.75) is 6.42 Å². The summed E-state index contributed by atoms with van der Waals surface area (Å²) in [5, 5.41) is 0. The molecule has 0 saturated carbocycles. The largest absolute Gasteiger partial charge is 0.491 e. The van der Waals surface area contributed by atoms with Crippen LogP contribution in [0.4, 0.5) is 4.39 Å². The normalized spacial score (nSPS) is 15.0. The van der Waals surface area contributed by atoms with Crippen molar-refractivity contribution in [3.63, 3.8) is 0 Å². The number of aromatic nitrogens is 1. The number of benzene rings is 1. The van der Waals surface area contributed by atoms with E-state index < -0.39 is 5.91 Å². The van der Waals surface area contributed by atoms with Crippen LogP contribution in [-0.2, 0) is 4.74 Å². The average Bonchev–Trinajstić information content (AvgIpc) is 2.67. The molecule has 1 fully saturated rings. The van der Waals surface area contributed by atoms with Crippen LogP contribution in [0.2, 0.25) is 0 Å². The molecule has 3 rings (SSSR count). The van der Waals surface area contributed by atoms with Gasteiger partial charge in [0.15, 0.2) is 0 Å². The topological polar surface area (TPSA) is 77.7 Å². The summed E-state index contributed by atoms with van der Waals surface area (Å²) in [6.45, 7) is 4.87. The third-order valence-electron chi connectivity index (χ3n) is 4.26. The molecular formula is C19H22FN3O3. The second kappa shape index (κ2) is 8.73. The Bertz CT molecular complexity index is 746. The number of hydrogen-bond acceptors (Lipinski definition) is 5. The Labute approximate surface area is 151 Å². The van der Waals surface area contributed by atoms with Crippen molar-refractivity contribution in [1.82, 2.24) is 9.88 Å². The van der Waals surface area contributed by atoms with Gasteiger partial charge in [0.25, 0.3) is 5.91 Å². The fourth-order valence-corrected chi connectivity index (χ4v) is 2.84. The van der Waals surface area contributed by atoms with Crippen molar-refractivity contribution in [1.29, 1.82) is 0 Å². The van der Waals surface area contributed by atoms with E-state index in [-0.39, 0.29) is 11.5 Å². The van der Waals surface area contributed by atoms with Gasteiger partial charge in [-0.05, 0) is 30.2 Å². The highest BCUT2D eigenvalue weighted by molar-refractivity contribution is 5.92. The number of nitrogens with zero attached hydrogens (tertiary/aromatic N) is 2. The van der Waals surface area contributed by atoms with Crippen molar-refractivity contribution in [2.24, 2.45) is 5.73 Å². The molecule has 0 atom stereocenters. The van der Waals surface area contributed by atoms with Crippen molar-refractivity contribution in [3.8, 4) is 16.9 Å². The standard InChI is InChI=1S/C19H22FN3O3/c20-15-4-2-14(3-5-15)16-12-17(19(21)24)22-13-18(16)26-9-1-6-23-7-10-25-11-8-23/h2-5,12-13H,1,6-11H2,(H2,21,24). The summed E-state index contributed by atoms with van der Waals surface area (Å²) >= 11 is 0. The van der Waals surface area contributed by atoms with Gasteiger partial charge in [0.1, 0.15) is 17.3 Å². The van der Waals surface area contributed by atoms with Gasteiger partial charge in [-0.25, -0.2) is 9.37 Å². The van der Waals surface area contributed by atoms with E-state index in [0.29, 0.717) is 17.9 Å². The van der Waals surface area contributed by atoms with Gasteiger partial charge in [0.05, 0.1) is 26.0 Å². The van der Waals surface area contributed by atoms with Crippen LogP contribution in [0.3, 0.4) is 0 Å². The van der Waals surface area contributed by atoms with E-state index in [1.807, 2.05) is 0 Å². The number of morpholine rings is 1. The summed E-state index contributed by atoms with van der Waals surface area (Å²) in [6.07, 6.45) is 2.36. The molecule has 0 spiro atoms. The number of ether oxygens (including phenoxy) is 2. The monoisotopic (exact) mass is 359 g/mol. The number of carbonyl (C=O) groups is 1. The van der Waals surface area contributed by atoms with E-state index in [9.17, 15) is 9.18 Å². The van der Waals surface area contributed by atoms with Crippen LogP contribution in [0.25, 0.3) is 11.1 Å². The van der Waals surface area contributed by atoms with E-state index >= 15 is 0 Å². The van der Waals surface area contributed by atoms with Gasteiger partial charge in [0, 0.05) is 25.2 Å². The zero-order valence-corrected chi connectivity index (χ0v) is 14.5. The first kappa shape index (κ1) is 18.3. The van der Waals surface area contributed by atoms with E-state index in [2.05, 4.69) is 9.88 Å². The first-order valence-corrected chi connectivity index (χ1v) is 8.62. The molecule has 0 unspecified atom stereocenters. The van der Waals surface area contributed by atoms with Crippen molar-refractivity contribution >= 4 is 5.91 Å². The summed E-state index contributed by atoms with van der Waals surface area (Å²) in [4.78, 5) is 17.8. The Morgan fingerprint density at radius 3 is 2.69 bits per heavy atom. The summed E-state index contributed by atoms with van der Waals surface area (Å²) in [5.74, 6) is -0.401. The number of nitrogens with two attached hydrogens (primary N) is 1. The molecule has 1 aliphatic heterocycles. The van der Waals surface area contributed by atoms with Crippen LogP contribution in [0.15, 0.2) is 36.5 Å². The SMILES string of the molecule is NC(=O)c1cc(-c2ccc(F)cc2)c(OCCCN2CCOCC2)cn1. The number of amides is 1. The second-order valence-corrected chi connectivity index (χ2v) is 6.09. The molecule has 138 valence electrons. The molecule has 1 amide bonds. The summed E-state index contributed by atoms with van der Waals surface area (Å²) in [5.41, 5.74) is 6.87. The molecule has 1 aromatic carbocycles. The van der Waals surface area contributed by atoms with Gasteiger partial charge in [-0.15, -0.1) is 0 Å². The fraction of sp³-hybridized carbons (Fsp3) is 0.368. The molecule has 2 aromatic rings. The molecular weight excluding hydrogens is 337 g/mol. The quantitative estimate of drug-likeness (QED) is 0.766. The molecule has 0 radical (unpaired) electrons. The molecule has 0 aliphatic carbocycles. The number of primary amides is 1. The Balaban J connectivity index is 1.69. The molecule has 2 N–H and O–H groups in total. The van der Waals surface area contributed by atoms with Crippen molar-refractivity contribution in [3.05, 3.63) is 48.0 Å². The lowest BCUT2D eigenvalue weighted by Crippen LogP contribution is -2.37. The maximum atomic E-state index is 13.2. The maximum Gasteiger partial charge on any atom is 0.267 e. The van der Waals surface area contributed by atoms with Gasteiger partial charge in [-0.3, -0.25) is 9.69 Å². The first-order valence-electron chi connectivity index (χ1n) is 8.62. The van der Waals surface area contributed by atoms with E-state index in [4.69, 9.17) is 15.2 Å². The number of pyridine rings is 1. The van der Waals surface area contributed by atoms with Gasteiger partial charge in [-0.2, -0.15) is 0 Å². The fourth-order valence-electron chi connectivity index (χ4n) is 2.84. The molecule has 1 saturated heterocycles. The number of hydrogen-bond donors (Lipinski definition) is 1. The van der Waals surface area contributed by atoms with Gasteiger partial charge in [-0.1, -0.05) is 12.1 Å². The van der Waals surface area contributed by atoms with Crippen LogP contribution in [-0.4, -0.2) is 55.2 Å². The highest BCUT2D eigenvalue weighted by atomic mass is 19.1. The number of halogens is 1. The van der Waals surface area contributed by atoms with Gasteiger partial charge < -0.3 is 15.2 Å². The molecule has 26 heavy (non-hydrogen) atoms. The minimum absolute atomic E-state index is 0.144. The molecule has 2 heterocycles. The third kappa shape index (κ3) is 4.77. The van der Waals surface area contributed by atoms with Crippen LogP contribution in [0.5, 0.6) is 5.75 Å². The predicted octanol–water partition coefficient (Wildman–Crippen LogP) is 2.09. The zero-order valence-electron chi connectivity index (χ0n) is 14.5.